The highest BCUT2D eigenvalue weighted by Gasteiger charge is 2.63. The Morgan fingerprint density at radius 3 is 2.74 bits per heavy atom. The molecule has 0 radical (unpaired) electrons. The van der Waals surface area contributed by atoms with Crippen LogP contribution in [0.4, 0.5) is 5.69 Å². The molecule has 0 unspecified atom stereocenters. The van der Waals surface area contributed by atoms with Gasteiger partial charge >= 0.3 is 0 Å². The molecule has 2 aliphatic rings. The first-order valence-corrected chi connectivity index (χ1v) is 11.2. The van der Waals surface area contributed by atoms with Gasteiger partial charge in [0.15, 0.2) is 23.9 Å². The number of nitrogens with two attached hydrogens (primary N) is 1. The van der Waals surface area contributed by atoms with E-state index in [1.54, 1.807) is 60.0 Å². The molecular weight excluding hydrogens is 458 g/mol. The van der Waals surface area contributed by atoms with Crippen LogP contribution in [0.15, 0.2) is 65.1 Å². The summed E-state index contributed by atoms with van der Waals surface area (Å²) in [6.45, 7) is -0.320. The molecule has 0 fully saturated rings. The topological polar surface area (TPSA) is 129 Å². The van der Waals surface area contributed by atoms with Crippen LogP contribution in [0.2, 0.25) is 0 Å². The monoisotopic (exact) mass is 477 g/mol. The number of anilines is 1. The maximum absolute atomic E-state index is 13.8. The molecule has 1 spiro atoms. The van der Waals surface area contributed by atoms with E-state index in [4.69, 9.17) is 20.0 Å². The number of para-hydroxylation sites is 1. The predicted molar refractivity (Wildman–Crippen MR) is 124 cm³/mol. The van der Waals surface area contributed by atoms with Gasteiger partial charge in [-0.25, -0.2) is 0 Å². The molecule has 3 N–H and O–H groups in total. The molecule has 0 saturated heterocycles. The summed E-state index contributed by atoms with van der Waals surface area (Å²) in [5, 5.41) is 8.86. The number of primary amides is 1. The van der Waals surface area contributed by atoms with Crippen LogP contribution in [0.5, 0.6) is 11.5 Å². The minimum atomic E-state index is -1.64. The lowest BCUT2D eigenvalue weighted by molar-refractivity contribution is -0.140. The third kappa shape index (κ3) is 3.30. The summed E-state index contributed by atoms with van der Waals surface area (Å²) in [5.41, 5.74) is 5.43. The van der Waals surface area contributed by atoms with Crippen molar-refractivity contribution < 1.29 is 28.7 Å². The van der Waals surface area contributed by atoms with Crippen molar-refractivity contribution in [3.05, 3.63) is 76.0 Å². The normalized spacial score (nSPS) is 20.3. The lowest BCUT2D eigenvalue weighted by atomic mass is 9.75. The summed E-state index contributed by atoms with van der Waals surface area (Å²) in [5.74, 6) is -1.82. The fraction of sp³-hybridized carbons (Fsp3) is 0.167. The van der Waals surface area contributed by atoms with Gasteiger partial charge in [0.25, 0.3) is 17.4 Å². The predicted octanol–water partition coefficient (Wildman–Crippen LogP) is 2.70. The third-order valence-electron chi connectivity index (χ3n) is 5.74. The molecule has 10 heteroatoms. The van der Waals surface area contributed by atoms with Gasteiger partial charge in [0.2, 0.25) is 0 Å². The fourth-order valence-electron chi connectivity index (χ4n) is 4.23. The Morgan fingerprint density at radius 1 is 1.18 bits per heavy atom. The van der Waals surface area contributed by atoms with E-state index in [1.165, 1.54) is 18.4 Å². The van der Waals surface area contributed by atoms with Gasteiger partial charge in [-0.15, -0.1) is 11.3 Å². The van der Waals surface area contributed by atoms with Gasteiger partial charge in [0.05, 0.1) is 12.0 Å². The number of oxime groups is 1. The molecule has 2 amide bonds. The Morgan fingerprint density at radius 2 is 2.00 bits per heavy atom. The summed E-state index contributed by atoms with van der Waals surface area (Å²) < 4.78 is 10.8. The zero-order valence-electron chi connectivity index (χ0n) is 17.9. The van der Waals surface area contributed by atoms with E-state index in [0.29, 0.717) is 33.2 Å². The number of amides is 2. The lowest BCUT2D eigenvalue weighted by Gasteiger charge is -2.26. The smallest absolute Gasteiger partial charge is 0.277 e. The summed E-state index contributed by atoms with van der Waals surface area (Å²) in [6.07, 6.45) is 0. The van der Waals surface area contributed by atoms with Crippen LogP contribution in [0, 0.1) is 5.92 Å². The van der Waals surface area contributed by atoms with Crippen LogP contribution in [-0.4, -0.2) is 37.0 Å². The maximum Gasteiger partial charge on any atom is 0.277 e. The summed E-state index contributed by atoms with van der Waals surface area (Å²) in [4.78, 5) is 44.5. The van der Waals surface area contributed by atoms with Gasteiger partial charge in [-0.3, -0.25) is 14.4 Å². The SMILES string of the molecule is COc1cc(C2=NO[C@@]3(C(=O)Nc4ccccc43)[C@H]2C(=O)c2cccs2)ccc1OCC(N)=O. The number of nitrogens with zero attached hydrogens (tertiary/aromatic N) is 1. The van der Waals surface area contributed by atoms with Gasteiger partial charge in [0, 0.05) is 16.8 Å². The molecule has 172 valence electrons. The first kappa shape index (κ1) is 21.7. The van der Waals surface area contributed by atoms with Crippen molar-refractivity contribution in [3.63, 3.8) is 0 Å². The summed E-state index contributed by atoms with van der Waals surface area (Å²) in [6, 6.07) is 15.4. The second kappa shape index (κ2) is 8.31. The molecule has 34 heavy (non-hydrogen) atoms. The highest BCUT2D eigenvalue weighted by Crippen LogP contribution is 2.50. The molecule has 5 rings (SSSR count). The second-order valence-electron chi connectivity index (χ2n) is 7.70. The third-order valence-corrected chi connectivity index (χ3v) is 6.62. The van der Waals surface area contributed by atoms with Crippen LogP contribution in [0.3, 0.4) is 0 Å². The number of ether oxygens (including phenoxy) is 2. The molecule has 0 bridgehead atoms. The molecule has 2 aromatic carbocycles. The zero-order chi connectivity index (χ0) is 23.9. The summed E-state index contributed by atoms with van der Waals surface area (Å²) in [7, 11) is 1.44. The van der Waals surface area contributed by atoms with Crippen molar-refractivity contribution in [2.24, 2.45) is 16.8 Å². The van der Waals surface area contributed by atoms with E-state index >= 15 is 0 Å². The summed E-state index contributed by atoms with van der Waals surface area (Å²) >= 11 is 1.28. The van der Waals surface area contributed by atoms with Crippen LogP contribution in [0.1, 0.15) is 20.8 Å². The fourth-order valence-corrected chi connectivity index (χ4v) is 4.93. The van der Waals surface area contributed by atoms with Gasteiger partial charge in [-0.05, 0) is 35.7 Å². The van der Waals surface area contributed by atoms with E-state index in [2.05, 4.69) is 10.5 Å². The molecule has 9 nitrogen and oxygen atoms in total. The number of fused-ring (bicyclic) bond motifs is 2. The molecule has 3 heterocycles. The van der Waals surface area contributed by atoms with Crippen molar-refractivity contribution in [1.82, 2.24) is 0 Å². The van der Waals surface area contributed by atoms with E-state index in [1.807, 2.05) is 0 Å². The van der Waals surface area contributed by atoms with Gasteiger partial charge < -0.3 is 25.4 Å². The van der Waals surface area contributed by atoms with E-state index < -0.39 is 23.3 Å². The molecule has 1 aromatic heterocycles. The first-order valence-electron chi connectivity index (χ1n) is 10.3. The number of hydrogen-bond donors (Lipinski definition) is 2. The van der Waals surface area contributed by atoms with Crippen molar-refractivity contribution in [3.8, 4) is 11.5 Å². The molecule has 2 atom stereocenters. The quantitative estimate of drug-likeness (QED) is 0.504. The Kier molecular flexibility index (Phi) is 5.29. The minimum absolute atomic E-state index is 0.282. The van der Waals surface area contributed by atoms with Gasteiger partial charge in [-0.2, -0.15) is 0 Å². The average molecular weight is 477 g/mol. The largest absolute Gasteiger partial charge is 0.493 e. The number of thiophene rings is 1. The number of carbonyl (C=O) groups excluding carboxylic acids is 3. The van der Waals surface area contributed by atoms with Crippen LogP contribution >= 0.6 is 11.3 Å². The number of nitrogens with one attached hydrogen (secondary N) is 1. The van der Waals surface area contributed by atoms with Crippen LogP contribution in [0.25, 0.3) is 0 Å². The average Bonchev–Trinajstić information content (AvgIpc) is 3.57. The lowest BCUT2D eigenvalue weighted by Crippen LogP contribution is -2.46. The Labute approximate surface area is 198 Å². The van der Waals surface area contributed by atoms with E-state index in [-0.39, 0.29) is 18.1 Å². The number of ketones is 1. The molecular formula is C24H19N3O6S. The highest BCUT2D eigenvalue weighted by atomic mass is 32.1. The van der Waals surface area contributed by atoms with Crippen LogP contribution < -0.4 is 20.5 Å². The van der Waals surface area contributed by atoms with E-state index in [0.717, 1.165) is 0 Å². The Bertz CT molecular complexity index is 1340. The van der Waals surface area contributed by atoms with E-state index in [9.17, 15) is 14.4 Å². The number of carbonyl (C=O) groups is 3. The number of hydrogen-bond acceptors (Lipinski definition) is 8. The van der Waals surface area contributed by atoms with Gasteiger partial charge in [0.1, 0.15) is 11.6 Å². The number of methoxy groups -OCH3 is 1. The standard InChI is InChI=1S/C24H19N3O6S/c1-31-17-11-13(8-9-16(17)32-12-19(25)28)21-20(22(29)18-7-4-10-34-18)24(33-27-21)14-5-2-3-6-15(14)26-23(24)30/h2-11,20H,12H2,1H3,(H2,25,28)(H,26,30)/t20-,24-/m1/s1. The highest BCUT2D eigenvalue weighted by molar-refractivity contribution is 7.12. The minimum Gasteiger partial charge on any atom is -0.493 e. The number of Topliss-reactive ketones (excluding diaryl/α,β-unsaturated/α-hetero) is 1. The Balaban J connectivity index is 1.61. The van der Waals surface area contributed by atoms with Crippen LogP contribution in [-0.2, 0) is 20.0 Å². The first-order chi connectivity index (χ1) is 16.5. The maximum atomic E-state index is 13.8. The second-order valence-corrected chi connectivity index (χ2v) is 8.65. The van der Waals surface area contributed by atoms with Crippen molar-refractivity contribution in [1.29, 1.82) is 0 Å². The van der Waals surface area contributed by atoms with Crippen molar-refractivity contribution in [2.75, 3.05) is 19.0 Å². The molecule has 0 aliphatic carbocycles. The number of benzene rings is 2. The van der Waals surface area contributed by atoms with Gasteiger partial charge in [-0.1, -0.05) is 29.4 Å². The zero-order valence-corrected chi connectivity index (χ0v) is 18.8. The van der Waals surface area contributed by atoms with Crippen molar-refractivity contribution in [2.45, 2.75) is 5.60 Å². The molecule has 3 aromatic rings. The molecule has 0 saturated carbocycles. The van der Waals surface area contributed by atoms with Crippen molar-refractivity contribution >= 4 is 40.3 Å². The number of rotatable bonds is 7. The Hall–Kier alpha value is -4.18. The molecule has 2 aliphatic heterocycles.